The molecule has 0 aliphatic heterocycles. The van der Waals surface area contributed by atoms with E-state index < -0.39 is 0 Å². The molecule has 0 radical (unpaired) electrons. The Morgan fingerprint density at radius 1 is 1.44 bits per heavy atom. The van der Waals surface area contributed by atoms with E-state index in [4.69, 9.17) is 4.74 Å². The molecule has 1 aliphatic rings. The van der Waals surface area contributed by atoms with Crippen LogP contribution in [0.5, 0.6) is 5.88 Å². The smallest absolute Gasteiger partial charge is 0.218 e. The van der Waals surface area contributed by atoms with Gasteiger partial charge in [-0.3, -0.25) is 0 Å². The number of hydrogen-bond donors (Lipinski definition) is 1. The van der Waals surface area contributed by atoms with Gasteiger partial charge in [0, 0.05) is 12.1 Å². The maximum atomic E-state index is 5.34. The summed E-state index contributed by atoms with van der Waals surface area (Å²) >= 11 is 0. The third-order valence-electron chi connectivity index (χ3n) is 2.98. The number of nitrogens with one attached hydrogen (secondary N) is 1. The molecule has 0 aromatic carbocycles. The lowest BCUT2D eigenvalue weighted by Gasteiger charge is -2.13. The number of ether oxygens (including phenoxy) is 1. The van der Waals surface area contributed by atoms with Crippen LogP contribution in [0, 0.1) is 5.92 Å². The molecule has 4 nitrogen and oxygen atoms in total. The third-order valence-corrected chi connectivity index (χ3v) is 2.98. The number of hydrogen-bond acceptors (Lipinski definition) is 4. The third kappa shape index (κ3) is 2.84. The van der Waals surface area contributed by atoms with Gasteiger partial charge in [0.1, 0.15) is 12.1 Å². The van der Waals surface area contributed by atoms with Gasteiger partial charge >= 0.3 is 0 Å². The summed E-state index contributed by atoms with van der Waals surface area (Å²) in [5.41, 5.74) is 0. The minimum Gasteiger partial charge on any atom is -0.478 e. The largest absolute Gasteiger partial charge is 0.478 e. The van der Waals surface area contributed by atoms with Crippen molar-refractivity contribution in [3.05, 3.63) is 12.4 Å². The van der Waals surface area contributed by atoms with E-state index in [1.165, 1.54) is 19.3 Å². The zero-order chi connectivity index (χ0) is 11.4. The second-order valence-corrected chi connectivity index (χ2v) is 4.43. The minimum absolute atomic E-state index is 0.555. The van der Waals surface area contributed by atoms with E-state index in [1.807, 2.05) is 13.0 Å². The molecule has 1 aliphatic carbocycles. The number of aromatic nitrogens is 2. The molecular formula is C12H19N3O. The minimum atomic E-state index is 0.555. The van der Waals surface area contributed by atoms with Crippen LogP contribution in [0.3, 0.4) is 0 Å². The van der Waals surface area contributed by atoms with E-state index in [1.54, 1.807) is 6.33 Å². The van der Waals surface area contributed by atoms with Gasteiger partial charge in [-0.2, -0.15) is 0 Å². The zero-order valence-electron chi connectivity index (χ0n) is 9.94. The Kier molecular flexibility index (Phi) is 3.59. The summed E-state index contributed by atoms with van der Waals surface area (Å²) < 4.78 is 5.34. The molecule has 1 heterocycles. The van der Waals surface area contributed by atoms with Gasteiger partial charge in [0.2, 0.25) is 5.88 Å². The average molecular weight is 221 g/mol. The Morgan fingerprint density at radius 2 is 2.31 bits per heavy atom. The first-order valence-corrected chi connectivity index (χ1v) is 5.99. The Balaban J connectivity index is 1.95. The van der Waals surface area contributed by atoms with E-state index in [2.05, 4.69) is 22.2 Å². The molecule has 1 fully saturated rings. The lowest BCUT2D eigenvalue weighted by atomic mass is 10.1. The number of anilines is 1. The molecule has 2 rings (SSSR count). The quantitative estimate of drug-likeness (QED) is 0.848. The van der Waals surface area contributed by atoms with E-state index in [0.717, 1.165) is 11.7 Å². The highest BCUT2D eigenvalue weighted by atomic mass is 16.5. The van der Waals surface area contributed by atoms with Crippen molar-refractivity contribution in [3.63, 3.8) is 0 Å². The van der Waals surface area contributed by atoms with Crippen molar-refractivity contribution >= 4 is 5.82 Å². The average Bonchev–Trinajstić information content (AvgIpc) is 2.65. The number of rotatable bonds is 4. The van der Waals surface area contributed by atoms with E-state index >= 15 is 0 Å². The van der Waals surface area contributed by atoms with E-state index in [-0.39, 0.29) is 0 Å². The van der Waals surface area contributed by atoms with Gasteiger partial charge in [-0.1, -0.05) is 6.92 Å². The molecule has 1 aromatic rings. The topological polar surface area (TPSA) is 47.0 Å². The highest BCUT2D eigenvalue weighted by Crippen LogP contribution is 2.27. The van der Waals surface area contributed by atoms with Crippen LogP contribution in [0.2, 0.25) is 0 Å². The normalized spacial score (nSPS) is 24.4. The Labute approximate surface area is 96.4 Å². The van der Waals surface area contributed by atoms with Crippen molar-refractivity contribution in [2.45, 2.75) is 39.2 Å². The molecular weight excluding hydrogens is 202 g/mol. The fourth-order valence-electron chi connectivity index (χ4n) is 2.19. The summed E-state index contributed by atoms with van der Waals surface area (Å²) in [6.07, 6.45) is 5.32. The highest BCUT2D eigenvalue weighted by Gasteiger charge is 2.21. The molecule has 16 heavy (non-hydrogen) atoms. The number of nitrogens with zero attached hydrogens (tertiary/aromatic N) is 2. The fraction of sp³-hybridized carbons (Fsp3) is 0.667. The predicted octanol–water partition coefficient (Wildman–Crippen LogP) is 2.48. The Bertz CT molecular complexity index is 343. The first-order valence-electron chi connectivity index (χ1n) is 5.99. The van der Waals surface area contributed by atoms with Crippen LogP contribution in [0.1, 0.15) is 33.1 Å². The lowest BCUT2D eigenvalue weighted by Crippen LogP contribution is -2.16. The molecule has 1 N–H and O–H groups in total. The van der Waals surface area contributed by atoms with Crippen molar-refractivity contribution in [1.82, 2.24) is 9.97 Å². The van der Waals surface area contributed by atoms with Gasteiger partial charge in [0.15, 0.2) is 0 Å². The highest BCUT2D eigenvalue weighted by molar-refractivity contribution is 5.38. The SMILES string of the molecule is CCOc1cc(NC2CCC(C)C2)ncn1. The van der Waals surface area contributed by atoms with Crippen molar-refractivity contribution in [2.75, 3.05) is 11.9 Å². The van der Waals surface area contributed by atoms with Gasteiger partial charge in [-0.25, -0.2) is 9.97 Å². The lowest BCUT2D eigenvalue weighted by molar-refractivity contribution is 0.326. The van der Waals surface area contributed by atoms with Gasteiger partial charge in [0.25, 0.3) is 0 Å². The van der Waals surface area contributed by atoms with Gasteiger partial charge in [0.05, 0.1) is 6.61 Å². The Hall–Kier alpha value is -1.32. The summed E-state index contributed by atoms with van der Waals surface area (Å²) in [7, 11) is 0. The molecule has 2 unspecified atom stereocenters. The summed E-state index contributed by atoms with van der Waals surface area (Å²) in [6.45, 7) is 4.89. The second kappa shape index (κ2) is 5.14. The summed E-state index contributed by atoms with van der Waals surface area (Å²) in [4.78, 5) is 8.25. The summed E-state index contributed by atoms with van der Waals surface area (Å²) in [6, 6.07) is 2.42. The maximum absolute atomic E-state index is 5.34. The van der Waals surface area contributed by atoms with Gasteiger partial charge in [-0.15, -0.1) is 0 Å². The van der Waals surface area contributed by atoms with Crippen LogP contribution in [0.4, 0.5) is 5.82 Å². The first-order chi connectivity index (χ1) is 7.78. The van der Waals surface area contributed by atoms with Crippen LogP contribution in [-0.2, 0) is 0 Å². The van der Waals surface area contributed by atoms with Crippen LogP contribution >= 0.6 is 0 Å². The van der Waals surface area contributed by atoms with Crippen LogP contribution in [0.25, 0.3) is 0 Å². The van der Waals surface area contributed by atoms with Crippen LogP contribution < -0.4 is 10.1 Å². The molecule has 0 saturated heterocycles. The second-order valence-electron chi connectivity index (χ2n) is 4.43. The van der Waals surface area contributed by atoms with Crippen molar-refractivity contribution in [2.24, 2.45) is 5.92 Å². The summed E-state index contributed by atoms with van der Waals surface area (Å²) in [5.74, 6) is 2.34. The van der Waals surface area contributed by atoms with Crippen molar-refractivity contribution < 1.29 is 4.74 Å². The zero-order valence-corrected chi connectivity index (χ0v) is 9.94. The molecule has 4 heteroatoms. The van der Waals surface area contributed by atoms with Crippen molar-refractivity contribution in [3.8, 4) is 5.88 Å². The van der Waals surface area contributed by atoms with Crippen LogP contribution in [0.15, 0.2) is 12.4 Å². The molecule has 2 atom stereocenters. The first kappa shape index (κ1) is 11.2. The molecule has 1 saturated carbocycles. The predicted molar refractivity (Wildman–Crippen MR) is 63.6 cm³/mol. The van der Waals surface area contributed by atoms with Gasteiger partial charge in [-0.05, 0) is 32.1 Å². The molecule has 88 valence electrons. The maximum Gasteiger partial charge on any atom is 0.218 e. The standard InChI is InChI=1S/C12H19N3O/c1-3-16-12-7-11(13-8-14-12)15-10-5-4-9(2)6-10/h7-10H,3-6H2,1-2H3,(H,13,14,15). The molecule has 0 spiro atoms. The molecule has 0 bridgehead atoms. The molecule has 1 aromatic heterocycles. The van der Waals surface area contributed by atoms with Crippen molar-refractivity contribution in [1.29, 1.82) is 0 Å². The van der Waals surface area contributed by atoms with Gasteiger partial charge < -0.3 is 10.1 Å². The Morgan fingerprint density at radius 3 is 3.00 bits per heavy atom. The summed E-state index contributed by atoms with van der Waals surface area (Å²) in [5, 5.41) is 3.44. The molecule has 0 amide bonds. The fourth-order valence-corrected chi connectivity index (χ4v) is 2.19. The van der Waals surface area contributed by atoms with E-state index in [9.17, 15) is 0 Å². The monoisotopic (exact) mass is 221 g/mol. The van der Waals surface area contributed by atoms with E-state index in [0.29, 0.717) is 18.5 Å². The van der Waals surface area contributed by atoms with Crippen LogP contribution in [-0.4, -0.2) is 22.6 Å².